The fourth-order valence-electron chi connectivity index (χ4n) is 4.96. The highest BCUT2D eigenvalue weighted by Crippen LogP contribution is 2.54. The number of aromatic nitrogens is 2. The number of nitrogens with zero attached hydrogens (tertiary/aromatic N) is 3. The molecule has 1 saturated heterocycles. The molecule has 26 heavy (non-hydrogen) atoms. The fraction of sp³-hybridized carbons (Fsp3) is 0.619. The van der Waals surface area contributed by atoms with E-state index < -0.39 is 0 Å². The number of rotatable bonds is 3. The lowest BCUT2D eigenvalue weighted by atomic mass is 9.86. The fourth-order valence-corrected chi connectivity index (χ4v) is 5.13. The molecular weight excluding hydrogens is 344 g/mol. The lowest BCUT2D eigenvalue weighted by molar-refractivity contribution is 0.0975. The van der Waals surface area contributed by atoms with Gasteiger partial charge in [-0.15, -0.1) is 0 Å². The van der Waals surface area contributed by atoms with E-state index in [1.54, 1.807) is 6.33 Å². The highest BCUT2D eigenvalue weighted by Gasteiger charge is 2.45. The first-order valence-corrected chi connectivity index (χ1v) is 10.5. The van der Waals surface area contributed by atoms with Gasteiger partial charge in [-0.2, -0.15) is 0 Å². The topological polar surface area (TPSA) is 41.1 Å². The third-order valence-corrected chi connectivity index (χ3v) is 7.20. The molecule has 0 atom stereocenters. The number of likely N-dealkylation sites (tertiary alicyclic amines) is 1. The molecule has 3 fully saturated rings. The Morgan fingerprint density at radius 2 is 1.77 bits per heavy atom. The van der Waals surface area contributed by atoms with E-state index >= 15 is 0 Å². The molecule has 0 amide bonds. The molecule has 1 aromatic carbocycles. The molecule has 2 aromatic rings. The van der Waals surface area contributed by atoms with Crippen LogP contribution in [0.1, 0.15) is 51.4 Å². The zero-order valence-electron chi connectivity index (χ0n) is 15.3. The molecule has 0 radical (unpaired) electrons. The Morgan fingerprint density at radius 1 is 1.00 bits per heavy atom. The van der Waals surface area contributed by atoms with Gasteiger partial charge in [0.05, 0.1) is 5.52 Å². The Kier molecular flexibility index (Phi) is 4.29. The summed E-state index contributed by atoms with van der Waals surface area (Å²) in [7, 11) is 0. The van der Waals surface area contributed by atoms with Crippen molar-refractivity contribution in [2.75, 3.05) is 18.4 Å². The van der Waals surface area contributed by atoms with Gasteiger partial charge < -0.3 is 10.2 Å². The maximum absolute atomic E-state index is 6.17. The normalized spacial score (nSPS) is 28.3. The standard InChI is InChI=1S/C21H27ClN4/c22-15-1-6-19-18(13-15)20(24-14-23-19)25-16-2-4-17(5-3-16)26-11-9-21(7-8-21)10-12-26/h1,6,13-14,16-17H,2-5,7-12H2,(H,23,24,25). The predicted octanol–water partition coefficient (Wildman–Crippen LogP) is 4.88. The lowest BCUT2D eigenvalue weighted by Crippen LogP contribution is -2.45. The second kappa shape index (κ2) is 6.65. The summed E-state index contributed by atoms with van der Waals surface area (Å²) < 4.78 is 0. The highest BCUT2D eigenvalue weighted by atomic mass is 35.5. The van der Waals surface area contributed by atoms with E-state index in [4.69, 9.17) is 11.6 Å². The summed E-state index contributed by atoms with van der Waals surface area (Å²) in [6, 6.07) is 7.11. The van der Waals surface area contributed by atoms with Crippen molar-refractivity contribution in [1.29, 1.82) is 0 Å². The number of nitrogens with one attached hydrogen (secondary N) is 1. The molecule has 0 unspecified atom stereocenters. The van der Waals surface area contributed by atoms with E-state index in [-0.39, 0.29) is 0 Å². The molecule has 1 aliphatic heterocycles. The number of hydrogen-bond donors (Lipinski definition) is 1. The molecule has 138 valence electrons. The van der Waals surface area contributed by atoms with Crippen molar-refractivity contribution in [1.82, 2.24) is 14.9 Å². The quantitative estimate of drug-likeness (QED) is 0.835. The molecule has 1 aromatic heterocycles. The van der Waals surface area contributed by atoms with Gasteiger partial charge in [0.15, 0.2) is 0 Å². The van der Waals surface area contributed by atoms with Crippen molar-refractivity contribution in [2.45, 2.75) is 63.5 Å². The van der Waals surface area contributed by atoms with Crippen molar-refractivity contribution < 1.29 is 0 Å². The van der Waals surface area contributed by atoms with Crippen molar-refractivity contribution in [2.24, 2.45) is 5.41 Å². The zero-order valence-corrected chi connectivity index (χ0v) is 16.0. The molecule has 5 rings (SSSR count). The van der Waals surface area contributed by atoms with Gasteiger partial charge in [0.25, 0.3) is 0 Å². The number of benzene rings is 1. The lowest BCUT2D eigenvalue weighted by Gasteiger charge is -2.41. The van der Waals surface area contributed by atoms with E-state index in [1.165, 1.54) is 64.5 Å². The average molecular weight is 371 g/mol. The third-order valence-electron chi connectivity index (χ3n) is 6.97. The minimum Gasteiger partial charge on any atom is -0.367 e. The molecule has 2 heterocycles. The van der Waals surface area contributed by atoms with E-state index in [9.17, 15) is 0 Å². The van der Waals surface area contributed by atoms with Gasteiger partial charge >= 0.3 is 0 Å². The van der Waals surface area contributed by atoms with Crippen LogP contribution in [0.4, 0.5) is 5.82 Å². The van der Waals surface area contributed by atoms with Gasteiger partial charge in [0.2, 0.25) is 0 Å². The van der Waals surface area contributed by atoms with Crippen LogP contribution in [0.5, 0.6) is 0 Å². The Balaban J connectivity index is 1.20. The van der Waals surface area contributed by atoms with Crippen LogP contribution in [0.2, 0.25) is 5.02 Å². The van der Waals surface area contributed by atoms with E-state index in [1.807, 2.05) is 18.2 Å². The molecule has 1 N–H and O–H groups in total. The second-order valence-corrected chi connectivity index (χ2v) is 9.01. The van der Waals surface area contributed by atoms with Gasteiger partial charge in [0.1, 0.15) is 12.1 Å². The Bertz CT molecular complexity index is 786. The third kappa shape index (κ3) is 3.29. The summed E-state index contributed by atoms with van der Waals surface area (Å²) in [6.45, 7) is 2.66. The summed E-state index contributed by atoms with van der Waals surface area (Å²) in [5.74, 6) is 0.926. The van der Waals surface area contributed by atoms with Gasteiger partial charge in [-0.25, -0.2) is 9.97 Å². The number of piperidine rings is 1. The molecule has 0 bridgehead atoms. The van der Waals surface area contributed by atoms with Gasteiger partial charge in [0, 0.05) is 22.5 Å². The summed E-state index contributed by atoms with van der Waals surface area (Å²) >= 11 is 6.17. The van der Waals surface area contributed by atoms with Crippen LogP contribution in [-0.2, 0) is 0 Å². The highest BCUT2D eigenvalue weighted by molar-refractivity contribution is 6.31. The van der Waals surface area contributed by atoms with Crippen molar-refractivity contribution in [3.63, 3.8) is 0 Å². The van der Waals surface area contributed by atoms with Crippen LogP contribution in [0, 0.1) is 5.41 Å². The van der Waals surface area contributed by atoms with Crippen molar-refractivity contribution in [3.8, 4) is 0 Å². The molecular formula is C21H27ClN4. The number of fused-ring (bicyclic) bond motifs is 1. The first kappa shape index (κ1) is 16.8. The van der Waals surface area contributed by atoms with Crippen molar-refractivity contribution >= 4 is 28.3 Å². The summed E-state index contributed by atoms with van der Waals surface area (Å²) in [5, 5.41) is 5.42. The Morgan fingerprint density at radius 3 is 2.50 bits per heavy atom. The first-order chi connectivity index (χ1) is 12.7. The molecule has 2 saturated carbocycles. The molecule has 1 spiro atoms. The van der Waals surface area contributed by atoms with Gasteiger partial charge in [-0.05, 0) is 88.1 Å². The molecule has 3 aliphatic rings. The van der Waals surface area contributed by atoms with E-state index in [0.717, 1.165) is 33.2 Å². The molecule has 4 nitrogen and oxygen atoms in total. The SMILES string of the molecule is Clc1ccc2ncnc(NC3CCC(N4CCC5(CC4)CC5)CC3)c2c1. The van der Waals surface area contributed by atoms with Gasteiger partial charge in [-0.3, -0.25) is 0 Å². The van der Waals surface area contributed by atoms with Crippen LogP contribution < -0.4 is 5.32 Å². The minimum atomic E-state index is 0.503. The maximum Gasteiger partial charge on any atom is 0.137 e. The summed E-state index contributed by atoms with van der Waals surface area (Å²) in [6.07, 6.45) is 12.6. The van der Waals surface area contributed by atoms with Crippen LogP contribution in [0.25, 0.3) is 10.9 Å². The first-order valence-electron chi connectivity index (χ1n) is 10.1. The predicted molar refractivity (Wildman–Crippen MR) is 107 cm³/mol. The second-order valence-electron chi connectivity index (χ2n) is 8.57. The average Bonchev–Trinajstić information content (AvgIpc) is 3.43. The van der Waals surface area contributed by atoms with Gasteiger partial charge in [-0.1, -0.05) is 11.6 Å². The van der Waals surface area contributed by atoms with E-state index in [2.05, 4.69) is 20.2 Å². The van der Waals surface area contributed by atoms with Crippen LogP contribution >= 0.6 is 11.6 Å². The van der Waals surface area contributed by atoms with Crippen LogP contribution in [-0.4, -0.2) is 40.0 Å². The Labute approximate surface area is 160 Å². The van der Waals surface area contributed by atoms with Crippen LogP contribution in [0.3, 0.4) is 0 Å². The Hall–Kier alpha value is -1.39. The number of halogens is 1. The largest absolute Gasteiger partial charge is 0.367 e. The monoisotopic (exact) mass is 370 g/mol. The smallest absolute Gasteiger partial charge is 0.137 e. The maximum atomic E-state index is 6.17. The zero-order chi connectivity index (χ0) is 17.6. The van der Waals surface area contributed by atoms with Crippen molar-refractivity contribution in [3.05, 3.63) is 29.5 Å². The number of anilines is 1. The van der Waals surface area contributed by atoms with E-state index in [0.29, 0.717) is 6.04 Å². The summed E-state index contributed by atoms with van der Waals surface area (Å²) in [4.78, 5) is 11.6. The molecule has 2 aliphatic carbocycles. The number of hydrogen-bond acceptors (Lipinski definition) is 4. The molecule has 5 heteroatoms. The summed E-state index contributed by atoms with van der Waals surface area (Å²) in [5.41, 5.74) is 1.73. The van der Waals surface area contributed by atoms with Crippen LogP contribution in [0.15, 0.2) is 24.5 Å². The minimum absolute atomic E-state index is 0.503.